The van der Waals surface area contributed by atoms with Gasteiger partial charge in [0.25, 0.3) is 0 Å². The predicted molar refractivity (Wildman–Crippen MR) is 100 cm³/mol. The maximum Gasteiger partial charge on any atom is 0.410 e. The van der Waals surface area contributed by atoms with Crippen molar-refractivity contribution in [3.8, 4) is 5.75 Å². The van der Waals surface area contributed by atoms with Crippen LogP contribution in [0.2, 0.25) is 0 Å². The molecule has 1 atom stereocenters. The topological polar surface area (TPSA) is 50.8 Å². The smallest absolute Gasteiger partial charge is 0.410 e. The number of likely N-dealkylation sites (tertiary alicyclic amines) is 1. The van der Waals surface area contributed by atoms with Crippen LogP contribution < -0.4 is 15.4 Å². The minimum Gasteiger partial charge on any atom is -0.496 e. The average molecular weight is 352 g/mol. The molecule has 0 aliphatic carbocycles. The summed E-state index contributed by atoms with van der Waals surface area (Å²) in [7, 11) is 2.48. The Labute approximate surface area is 146 Å². The van der Waals surface area contributed by atoms with E-state index in [0.29, 0.717) is 19.1 Å². The predicted octanol–water partition coefficient (Wildman–Crippen LogP) is 2.65. The van der Waals surface area contributed by atoms with E-state index < -0.39 is 5.60 Å². The molecule has 1 saturated heterocycles. The van der Waals surface area contributed by atoms with Gasteiger partial charge in [-0.1, -0.05) is 14.6 Å². The SMILES string of the molecule is COc1cc(PC)cc(C)c1CNC1CN(C(=O)OC(C)(C)C)C1. The van der Waals surface area contributed by atoms with Crippen LogP contribution in [0, 0.1) is 6.92 Å². The van der Waals surface area contributed by atoms with E-state index in [1.54, 1.807) is 12.0 Å². The summed E-state index contributed by atoms with van der Waals surface area (Å²) in [6.07, 6.45) is -0.234. The Kier molecular flexibility index (Phi) is 6.11. The van der Waals surface area contributed by atoms with Crippen LogP contribution >= 0.6 is 8.58 Å². The first-order chi connectivity index (χ1) is 11.2. The minimum atomic E-state index is -0.443. The van der Waals surface area contributed by atoms with Gasteiger partial charge in [0.15, 0.2) is 0 Å². The second-order valence-electron chi connectivity index (χ2n) is 7.19. The summed E-state index contributed by atoms with van der Waals surface area (Å²) in [6, 6.07) is 4.65. The van der Waals surface area contributed by atoms with Crippen LogP contribution in [0.25, 0.3) is 0 Å². The highest BCUT2D eigenvalue weighted by atomic mass is 31.1. The molecule has 1 N–H and O–H groups in total. The molecule has 0 bridgehead atoms. The second-order valence-corrected chi connectivity index (χ2v) is 8.26. The molecule has 0 aromatic heterocycles. The van der Waals surface area contributed by atoms with Gasteiger partial charge in [0, 0.05) is 31.2 Å². The van der Waals surface area contributed by atoms with Crippen LogP contribution in [0.15, 0.2) is 12.1 Å². The van der Waals surface area contributed by atoms with Crippen LogP contribution in [0.4, 0.5) is 4.79 Å². The first kappa shape index (κ1) is 19.0. The Morgan fingerprint density at radius 3 is 2.58 bits per heavy atom. The molecule has 1 fully saturated rings. The van der Waals surface area contributed by atoms with E-state index in [0.717, 1.165) is 20.9 Å². The zero-order chi connectivity index (χ0) is 17.9. The standard InChI is InChI=1S/C18H29N2O3P/c1-12-7-14(24-6)8-16(22-5)15(12)9-19-13-10-20(11-13)17(21)23-18(2,3)4/h7-8,13,19,24H,9-11H2,1-6H3. The van der Waals surface area contributed by atoms with Crippen LogP contribution in [-0.4, -0.2) is 49.5 Å². The number of rotatable bonds is 5. The van der Waals surface area contributed by atoms with Crippen molar-refractivity contribution in [1.82, 2.24) is 10.2 Å². The number of nitrogens with one attached hydrogen (secondary N) is 1. The number of nitrogens with zero attached hydrogens (tertiary/aromatic N) is 1. The summed E-state index contributed by atoms with van der Waals surface area (Å²) in [5, 5.41) is 4.82. The molecule has 5 nitrogen and oxygen atoms in total. The van der Waals surface area contributed by atoms with Crippen molar-refractivity contribution in [2.24, 2.45) is 0 Å². The molecule has 1 aliphatic heterocycles. The summed E-state index contributed by atoms with van der Waals surface area (Å²) in [5.41, 5.74) is 1.99. The molecule has 0 spiro atoms. The lowest BCUT2D eigenvalue weighted by atomic mass is 10.1. The Hall–Kier alpha value is -1.32. The lowest BCUT2D eigenvalue weighted by Crippen LogP contribution is -2.60. The van der Waals surface area contributed by atoms with Crippen LogP contribution in [0.5, 0.6) is 5.75 Å². The summed E-state index contributed by atoms with van der Waals surface area (Å²) < 4.78 is 10.9. The van der Waals surface area contributed by atoms with Gasteiger partial charge in [0.1, 0.15) is 11.4 Å². The molecule has 1 amide bonds. The Morgan fingerprint density at radius 1 is 1.38 bits per heavy atom. The van der Waals surface area contributed by atoms with E-state index in [2.05, 4.69) is 31.0 Å². The highest BCUT2D eigenvalue weighted by Gasteiger charge is 2.33. The molecule has 1 aliphatic rings. The van der Waals surface area contributed by atoms with Gasteiger partial charge in [-0.25, -0.2) is 4.79 Å². The normalized spacial score (nSPS) is 15.7. The maximum absolute atomic E-state index is 11.9. The van der Waals surface area contributed by atoms with Gasteiger partial charge in [-0.15, -0.1) is 0 Å². The Bertz CT molecular complexity index is 593. The molecule has 1 aromatic rings. The van der Waals surface area contributed by atoms with E-state index in [-0.39, 0.29) is 6.09 Å². The largest absolute Gasteiger partial charge is 0.496 e. The number of methoxy groups -OCH3 is 1. The fourth-order valence-corrected chi connectivity index (χ4v) is 3.30. The van der Waals surface area contributed by atoms with Crippen molar-refractivity contribution in [2.75, 3.05) is 26.9 Å². The zero-order valence-corrected chi connectivity index (χ0v) is 16.5. The summed E-state index contributed by atoms with van der Waals surface area (Å²) >= 11 is 0. The number of amides is 1. The quantitative estimate of drug-likeness (QED) is 0.828. The fourth-order valence-electron chi connectivity index (χ4n) is 2.67. The third kappa shape index (κ3) is 4.84. The zero-order valence-electron chi connectivity index (χ0n) is 15.5. The molecule has 1 aromatic carbocycles. The highest BCUT2D eigenvalue weighted by Crippen LogP contribution is 2.24. The number of carbonyl (C=O) groups is 1. The Morgan fingerprint density at radius 2 is 2.04 bits per heavy atom. The van der Waals surface area contributed by atoms with Gasteiger partial charge < -0.3 is 19.7 Å². The monoisotopic (exact) mass is 352 g/mol. The molecule has 2 rings (SSSR count). The summed E-state index contributed by atoms with van der Waals surface area (Å²) in [5.74, 6) is 0.940. The van der Waals surface area contributed by atoms with E-state index in [9.17, 15) is 4.79 Å². The third-order valence-electron chi connectivity index (χ3n) is 4.04. The second kappa shape index (κ2) is 7.71. The number of hydrogen-bond acceptors (Lipinski definition) is 4. The van der Waals surface area contributed by atoms with Crippen LogP contribution in [0.3, 0.4) is 0 Å². The Balaban J connectivity index is 1.87. The van der Waals surface area contributed by atoms with Gasteiger partial charge >= 0.3 is 6.09 Å². The number of benzene rings is 1. The van der Waals surface area contributed by atoms with Crippen molar-refractivity contribution in [1.29, 1.82) is 0 Å². The number of ether oxygens (including phenoxy) is 2. The van der Waals surface area contributed by atoms with Crippen molar-refractivity contribution in [2.45, 2.75) is 45.9 Å². The van der Waals surface area contributed by atoms with Crippen molar-refractivity contribution < 1.29 is 14.3 Å². The van der Waals surface area contributed by atoms with Gasteiger partial charge in [-0.2, -0.15) is 0 Å². The molecule has 0 radical (unpaired) electrons. The van der Waals surface area contributed by atoms with E-state index >= 15 is 0 Å². The average Bonchev–Trinajstić information content (AvgIpc) is 2.44. The molecule has 134 valence electrons. The van der Waals surface area contributed by atoms with Crippen molar-refractivity contribution >= 4 is 20.0 Å². The van der Waals surface area contributed by atoms with Crippen molar-refractivity contribution in [3.05, 3.63) is 23.3 Å². The van der Waals surface area contributed by atoms with Crippen LogP contribution in [-0.2, 0) is 11.3 Å². The molecule has 1 heterocycles. The van der Waals surface area contributed by atoms with Gasteiger partial charge in [-0.05, 0) is 51.3 Å². The minimum absolute atomic E-state index is 0.234. The van der Waals surface area contributed by atoms with E-state index in [1.165, 1.54) is 16.4 Å². The maximum atomic E-state index is 11.9. The summed E-state index contributed by atoms with van der Waals surface area (Å²) in [4.78, 5) is 13.7. The van der Waals surface area contributed by atoms with E-state index in [4.69, 9.17) is 9.47 Å². The first-order valence-corrected chi connectivity index (χ1v) is 9.80. The fraction of sp³-hybridized carbons (Fsp3) is 0.611. The lowest BCUT2D eigenvalue weighted by Gasteiger charge is -2.40. The van der Waals surface area contributed by atoms with Crippen LogP contribution in [0.1, 0.15) is 31.9 Å². The first-order valence-electron chi connectivity index (χ1n) is 8.30. The van der Waals surface area contributed by atoms with Gasteiger partial charge in [0.2, 0.25) is 0 Å². The van der Waals surface area contributed by atoms with Gasteiger partial charge in [0.05, 0.1) is 7.11 Å². The molecule has 1 unspecified atom stereocenters. The number of aryl methyl sites for hydroxylation is 1. The van der Waals surface area contributed by atoms with Crippen molar-refractivity contribution in [3.63, 3.8) is 0 Å². The third-order valence-corrected chi connectivity index (χ3v) is 4.91. The number of hydrogen-bond donors (Lipinski definition) is 1. The highest BCUT2D eigenvalue weighted by molar-refractivity contribution is 7.46. The molecule has 24 heavy (non-hydrogen) atoms. The van der Waals surface area contributed by atoms with Gasteiger partial charge in [-0.3, -0.25) is 0 Å². The number of carbonyl (C=O) groups excluding carboxylic acids is 1. The van der Waals surface area contributed by atoms with E-state index in [1.807, 2.05) is 20.8 Å². The molecule has 6 heteroatoms. The lowest BCUT2D eigenvalue weighted by molar-refractivity contribution is 0.00516. The summed E-state index contributed by atoms with van der Waals surface area (Å²) in [6.45, 7) is 12.1. The molecular formula is C18H29N2O3P. The molecule has 0 saturated carbocycles. The molecular weight excluding hydrogens is 323 g/mol.